The van der Waals surface area contributed by atoms with Crippen LogP contribution in [-0.4, -0.2) is 46.3 Å². The van der Waals surface area contributed by atoms with Gasteiger partial charge < -0.3 is 9.22 Å². The van der Waals surface area contributed by atoms with E-state index >= 15 is 0 Å². The fourth-order valence-corrected chi connectivity index (χ4v) is 4.07. The predicted molar refractivity (Wildman–Crippen MR) is 115 cm³/mol. The molecule has 0 unspecified atom stereocenters. The van der Waals surface area contributed by atoms with E-state index in [2.05, 4.69) is 25.9 Å². The Balaban J connectivity index is 1.65. The molecule has 0 radical (unpaired) electrons. The van der Waals surface area contributed by atoms with E-state index in [1.54, 1.807) is 24.3 Å². The average Bonchev–Trinajstić information content (AvgIpc) is 2.62. The summed E-state index contributed by atoms with van der Waals surface area (Å²) in [7, 11) is 2.79. The zero-order valence-corrected chi connectivity index (χ0v) is 17.4. The molecule has 0 atom stereocenters. The maximum atomic E-state index is 12.3. The van der Waals surface area contributed by atoms with Crippen LogP contribution in [0.4, 0.5) is 5.69 Å². The minimum atomic E-state index is -3.36. The van der Waals surface area contributed by atoms with Gasteiger partial charge >= 0.3 is 0 Å². The number of nitrogens with one attached hydrogen (secondary N) is 1. The van der Waals surface area contributed by atoms with E-state index in [9.17, 15) is 8.42 Å². The highest BCUT2D eigenvalue weighted by Crippen LogP contribution is 2.30. The van der Waals surface area contributed by atoms with Crippen molar-refractivity contribution in [2.75, 3.05) is 38.2 Å². The highest BCUT2D eigenvalue weighted by Gasteiger charge is 2.14. The maximum absolute atomic E-state index is 12.3. The van der Waals surface area contributed by atoms with Gasteiger partial charge in [-0.3, -0.25) is 4.72 Å². The minimum Gasteiger partial charge on any atom is -0.457 e. The number of benzene rings is 3. The first kappa shape index (κ1) is 20.2. The van der Waals surface area contributed by atoms with Crippen LogP contribution in [0.2, 0.25) is 0 Å². The first-order chi connectivity index (χ1) is 13.2. The molecule has 6 heteroatoms. The van der Waals surface area contributed by atoms with Gasteiger partial charge in [0.25, 0.3) is 0 Å². The van der Waals surface area contributed by atoms with Crippen LogP contribution in [0.15, 0.2) is 66.7 Å². The number of rotatable bonds is 8. The molecule has 0 spiro atoms. The number of hydrogen-bond acceptors (Lipinski definition) is 3. The summed E-state index contributed by atoms with van der Waals surface area (Å²) in [6.07, 6.45) is 0.612. The number of quaternary nitrogens is 1. The second kappa shape index (κ2) is 8.20. The molecular weight excluding hydrogens is 372 g/mol. The molecule has 3 aromatic carbocycles. The molecule has 0 saturated carbocycles. The highest BCUT2D eigenvalue weighted by molar-refractivity contribution is 7.92. The molecule has 3 aromatic rings. The number of ether oxygens (including phenoxy) is 1. The summed E-state index contributed by atoms with van der Waals surface area (Å²) in [5.74, 6) is 1.53. The summed E-state index contributed by atoms with van der Waals surface area (Å²) < 4.78 is 33.9. The fourth-order valence-electron chi connectivity index (χ4n) is 2.96. The van der Waals surface area contributed by atoms with Crippen molar-refractivity contribution in [2.24, 2.45) is 0 Å². The molecule has 0 aliphatic heterocycles. The third-order valence-electron chi connectivity index (χ3n) is 4.35. The lowest BCUT2D eigenvalue weighted by Gasteiger charge is -2.23. The second-order valence-corrected chi connectivity index (χ2v) is 9.73. The van der Waals surface area contributed by atoms with Crippen LogP contribution in [-0.2, 0) is 10.0 Å². The first-order valence-corrected chi connectivity index (χ1v) is 10.9. The summed E-state index contributed by atoms with van der Waals surface area (Å²) >= 11 is 0. The lowest BCUT2D eigenvalue weighted by Crippen LogP contribution is -2.36. The average molecular weight is 400 g/mol. The summed E-state index contributed by atoms with van der Waals surface area (Å²) in [6, 6.07) is 20.9. The fraction of sp³-hybridized carbons (Fsp3) is 0.273. The predicted octanol–water partition coefficient (Wildman–Crippen LogP) is 4.47. The SMILES string of the molecule is C[N+](C)(C)CCCS(=O)(=O)Nc1ccc(Oc2cccc3ccccc23)cc1. The molecule has 1 N–H and O–H groups in total. The molecule has 28 heavy (non-hydrogen) atoms. The van der Waals surface area contributed by atoms with E-state index in [0.29, 0.717) is 17.9 Å². The van der Waals surface area contributed by atoms with Crippen LogP contribution in [0.3, 0.4) is 0 Å². The van der Waals surface area contributed by atoms with Crippen molar-refractivity contribution in [3.05, 3.63) is 66.7 Å². The molecule has 0 saturated heterocycles. The van der Waals surface area contributed by atoms with Crippen LogP contribution >= 0.6 is 0 Å². The van der Waals surface area contributed by atoms with Gasteiger partial charge in [-0.2, -0.15) is 0 Å². The second-order valence-electron chi connectivity index (χ2n) is 7.89. The largest absolute Gasteiger partial charge is 0.457 e. The lowest BCUT2D eigenvalue weighted by molar-refractivity contribution is -0.870. The van der Waals surface area contributed by atoms with Crippen molar-refractivity contribution >= 4 is 26.5 Å². The van der Waals surface area contributed by atoms with Gasteiger partial charge in [-0.15, -0.1) is 0 Å². The van der Waals surface area contributed by atoms with Crippen molar-refractivity contribution in [1.82, 2.24) is 0 Å². The van der Waals surface area contributed by atoms with Crippen molar-refractivity contribution in [3.63, 3.8) is 0 Å². The molecule has 0 fully saturated rings. The van der Waals surface area contributed by atoms with Gasteiger partial charge in [0.1, 0.15) is 11.5 Å². The molecule has 0 aromatic heterocycles. The number of anilines is 1. The smallest absolute Gasteiger partial charge is 0.232 e. The van der Waals surface area contributed by atoms with Gasteiger partial charge in [0.05, 0.1) is 33.4 Å². The van der Waals surface area contributed by atoms with Crippen molar-refractivity contribution in [2.45, 2.75) is 6.42 Å². The van der Waals surface area contributed by atoms with Gasteiger partial charge in [0.2, 0.25) is 10.0 Å². The third kappa shape index (κ3) is 5.71. The monoisotopic (exact) mass is 399 g/mol. The van der Waals surface area contributed by atoms with Gasteiger partial charge in [-0.25, -0.2) is 8.42 Å². The molecule has 0 bridgehead atoms. The maximum Gasteiger partial charge on any atom is 0.232 e. The summed E-state index contributed by atoms with van der Waals surface area (Å²) in [5.41, 5.74) is 0.538. The lowest BCUT2D eigenvalue weighted by atomic mass is 10.1. The van der Waals surface area contributed by atoms with E-state index < -0.39 is 10.0 Å². The zero-order chi connectivity index (χ0) is 20.2. The molecule has 5 nitrogen and oxygen atoms in total. The molecule has 3 rings (SSSR count). The quantitative estimate of drug-likeness (QED) is 0.569. The molecule has 0 aliphatic rings. The summed E-state index contributed by atoms with van der Waals surface area (Å²) in [5, 5.41) is 2.14. The Bertz CT molecular complexity index is 1030. The van der Waals surface area contributed by atoms with Crippen LogP contribution in [0, 0.1) is 0 Å². The summed E-state index contributed by atoms with van der Waals surface area (Å²) in [6.45, 7) is 0.804. The molecule has 0 aliphatic carbocycles. The first-order valence-electron chi connectivity index (χ1n) is 9.28. The van der Waals surface area contributed by atoms with E-state index in [-0.39, 0.29) is 5.75 Å². The Labute approximate surface area is 167 Å². The van der Waals surface area contributed by atoms with Crippen LogP contribution < -0.4 is 9.46 Å². The normalized spacial score (nSPS) is 12.1. The molecule has 0 heterocycles. The van der Waals surface area contributed by atoms with Crippen LogP contribution in [0.1, 0.15) is 6.42 Å². The van der Waals surface area contributed by atoms with E-state index in [0.717, 1.165) is 27.5 Å². The van der Waals surface area contributed by atoms with Gasteiger partial charge in [0.15, 0.2) is 0 Å². The van der Waals surface area contributed by atoms with Crippen molar-refractivity contribution in [1.29, 1.82) is 0 Å². The Morgan fingerprint density at radius 2 is 1.57 bits per heavy atom. The molecule has 0 amide bonds. The standard InChI is InChI=1S/C22H27N2O3S/c1-24(2,3)16-7-17-28(25,26)23-19-12-14-20(15-13-19)27-22-11-6-9-18-8-4-5-10-21(18)22/h4-6,8-15,23H,7,16-17H2,1-3H3/q+1. The number of sulfonamides is 1. The van der Waals surface area contributed by atoms with E-state index in [4.69, 9.17) is 4.74 Å². The van der Waals surface area contributed by atoms with Crippen molar-refractivity contribution < 1.29 is 17.6 Å². The Kier molecular flexibility index (Phi) is 5.91. The van der Waals surface area contributed by atoms with E-state index in [1.807, 2.05) is 42.5 Å². The van der Waals surface area contributed by atoms with Crippen LogP contribution in [0.5, 0.6) is 11.5 Å². The van der Waals surface area contributed by atoms with Gasteiger partial charge in [-0.1, -0.05) is 36.4 Å². The minimum absolute atomic E-state index is 0.108. The number of nitrogens with zero attached hydrogens (tertiary/aromatic N) is 1. The van der Waals surface area contributed by atoms with Crippen molar-refractivity contribution in [3.8, 4) is 11.5 Å². The number of fused-ring (bicyclic) bond motifs is 1. The van der Waals surface area contributed by atoms with Crippen LogP contribution in [0.25, 0.3) is 10.8 Å². The Morgan fingerprint density at radius 3 is 2.29 bits per heavy atom. The number of hydrogen-bond donors (Lipinski definition) is 1. The molecule has 148 valence electrons. The highest BCUT2D eigenvalue weighted by atomic mass is 32.2. The van der Waals surface area contributed by atoms with Gasteiger partial charge in [0, 0.05) is 17.5 Å². The topological polar surface area (TPSA) is 55.4 Å². The van der Waals surface area contributed by atoms with E-state index in [1.165, 1.54) is 0 Å². The Morgan fingerprint density at radius 1 is 0.893 bits per heavy atom. The summed E-state index contributed by atoms with van der Waals surface area (Å²) in [4.78, 5) is 0. The zero-order valence-electron chi connectivity index (χ0n) is 16.6. The van der Waals surface area contributed by atoms with Gasteiger partial charge in [-0.05, 0) is 35.7 Å². The third-order valence-corrected chi connectivity index (χ3v) is 5.72. The Hall–Kier alpha value is -2.57. The molecular formula is C22H27N2O3S+.